The Morgan fingerprint density at radius 3 is 2.52 bits per heavy atom. The summed E-state index contributed by atoms with van der Waals surface area (Å²) in [5.74, 6) is -0.0366. The third-order valence-electron chi connectivity index (χ3n) is 3.31. The topological polar surface area (TPSA) is 81.7 Å². The number of hydrogen-bond acceptors (Lipinski definition) is 5. The van der Waals surface area contributed by atoms with Gasteiger partial charge in [-0.25, -0.2) is 4.79 Å². The number of Topliss-reactive ketones (excluding diaryl/α,β-unsaturated/α-hetero) is 1. The van der Waals surface area contributed by atoms with E-state index in [0.717, 1.165) is 5.56 Å². The molecule has 2 rings (SSSR count). The first-order valence-electron chi connectivity index (χ1n) is 7.49. The average Bonchev–Trinajstić information content (AvgIpc) is 2.39. The molecule has 23 heavy (non-hydrogen) atoms. The fraction of sp³-hybridized carbons (Fsp3) is 0.471. The molecule has 0 spiro atoms. The summed E-state index contributed by atoms with van der Waals surface area (Å²) in [4.78, 5) is 35.1. The van der Waals surface area contributed by atoms with E-state index in [1.54, 1.807) is 39.0 Å². The first-order valence-corrected chi connectivity index (χ1v) is 7.49. The minimum Gasteiger partial charge on any atom is -0.444 e. The summed E-state index contributed by atoms with van der Waals surface area (Å²) in [6.45, 7) is 6.60. The normalized spacial score (nSPS) is 17.2. The van der Waals surface area contributed by atoms with Gasteiger partial charge < -0.3 is 14.8 Å². The molecule has 6 heteroatoms. The van der Waals surface area contributed by atoms with E-state index in [0.29, 0.717) is 24.2 Å². The second-order valence-electron chi connectivity index (χ2n) is 6.50. The molecule has 0 heterocycles. The number of amides is 1. The highest BCUT2D eigenvalue weighted by Crippen LogP contribution is 2.30. The van der Waals surface area contributed by atoms with Gasteiger partial charge in [-0.15, -0.1) is 0 Å². The molecule has 1 aromatic carbocycles. The molecule has 1 aliphatic rings. The lowest BCUT2D eigenvalue weighted by Crippen LogP contribution is -2.40. The Kier molecular flexibility index (Phi) is 4.73. The molecule has 1 aliphatic carbocycles. The molecule has 1 amide bonds. The van der Waals surface area contributed by atoms with Gasteiger partial charge in [0.1, 0.15) is 17.4 Å². The molecule has 1 aromatic rings. The first-order chi connectivity index (χ1) is 10.7. The molecule has 0 aromatic heterocycles. The summed E-state index contributed by atoms with van der Waals surface area (Å²) in [5.41, 5.74) is 0.955. The zero-order valence-electron chi connectivity index (χ0n) is 13.8. The van der Waals surface area contributed by atoms with Crippen molar-refractivity contribution in [2.45, 2.75) is 52.2 Å². The monoisotopic (exact) mass is 319 g/mol. The van der Waals surface area contributed by atoms with Crippen LogP contribution in [-0.2, 0) is 20.7 Å². The second kappa shape index (κ2) is 6.40. The van der Waals surface area contributed by atoms with Crippen molar-refractivity contribution in [1.82, 2.24) is 5.32 Å². The lowest BCUT2D eigenvalue weighted by atomic mass is 9.86. The molecule has 1 atom stereocenters. The van der Waals surface area contributed by atoms with Crippen molar-refractivity contribution in [1.29, 1.82) is 0 Å². The van der Waals surface area contributed by atoms with Crippen LogP contribution in [0.5, 0.6) is 5.75 Å². The van der Waals surface area contributed by atoms with Gasteiger partial charge in [0, 0.05) is 13.3 Å². The number of carbonyl (C=O) groups is 3. The number of alkyl carbamates (subject to hydrolysis) is 1. The van der Waals surface area contributed by atoms with E-state index in [2.05, 4.69) is 5.32 Å². The van der Waals surface area contributed by atoms with Crippen molar-refractivity contribution in [3.05, 3.63) is 29.3 Å². The highest BCUT2D eigenvalue weighted by Gasteiger charge is 2.30. The molecule has 0 aliphatic heterocycles. The highest BCUT2D eigenvalue weighted by molar-refractivity contribution is 5.90. The number of fused-ring (bicyclic) bond motifs is 1. The lowest BCUT2D eigenvalue weighted by molar-refractivity contribution is -0.132. The van der Waals surface area contributed by atoms with Crippen molar-refractivity contribution in [2.24, 2.45) is 0 Å². The van der Waals surface area contributed by atoms with Crippen molar-refractivity contribution in [3.63, 3.8) is 0 Å². The smallest absolute Gasteiger partial charge is 0.408 e. The van der Waals surface area contributed by atoms with Crippen molar-refractivity contribution in [3.8, 4) is 5.75 Å². The summed E-state index contributed by atoms with van der Waals surface area (Å²) >= 11 is 0. The Balaban J connectivity index is 2.21. The number of benzene rings is 1. The van der Waals surface area contributed by atoms with Gasteiger partial charge in [0.25, 0.3) is 0 Å². The number of aryl methyl sites for hydroxylation is 1. The largest absolute Gasteiger partial charge is 0.444 e. The van der Waals surface area contributed by atoms with E-state index < -0.39 is 23.7 Å². The lowest BCUT2D eigenvalue weighted by Gasteiger charge is -2.27. The number of nitrogens with one attached hydrogen (secondary N) is 1. The number of ketones is 1. The maximum Gasteiger partial charge on any atom is 0.408 e. The quantitative estimate of drug-likeness (QED) is 0.669. The third kappa shape index (κ3) is 4.55. The molecule has 1 unspecified atom stereocenters. The van der Waals surface area contributed by atoms with Gasteiger partial charge >= 0.3 is 12.1 Å². The van der Waals surface area contributed by atoms with Crippen LogP contribution >= 0.6 is 0 Å². The van der Waals surface area contributed by atoms with Crippen LogP contribution in [0.25, 0.3) is 0 Å². The van der Waals surface area contributed by atoms with Crippen molar-refractivity contribution >= 4 is 17.8 Å². The van der Waals surface area contributed by atoms with E-state index in [4.69, 9.17) is 9.47 Å². The van der Waals surface area contributed by atoms with Gasteiger partial charge in [0.05, 0.1) is 0 Å². The van der Waals surface area contributed by atoms with E-state index in [-0.39, 0.29) is 5.78 Å². The molecule has 124 valence electrons. The Morgan fingerprint density at radius 1 is 1.22 bits per heavy atom. The van der Waals surface area contributed by atoms with Gasteiger partial charge in [0.15, 0.2) is 5.78 Å². The molecular weight excluding hydrogens is 298 g/mol. The van der Waals surface area contributed by atoms with Gasteiger partial charge in [-0.2, -0.15) is 0 Å². The van der Waals surface area contributed by atoms with Crippen LogP contribution in [0.1, 0.15) is 51.3 Å². The van der Waals surface area contributed by atoms with Crippen molar-refractivity contribution < 1.29 is 23.9 Å². The van der Waals surface area contributed by atoms with Crippen LogP contribution < -0.4 is 10.1 Å². The van der Waals surface area contributed by atoms with E-state index in [9.17, 15) is 14.4 Å². The predicted molar refractivity (Wildman–Crippen MR) is 83.2 cm³/mol. The van der Waals surface area contributed by atoms with E-state index in [1.807, 2.05) is 0 Å². The van der Waals surface area contributed by atoms with Crippen LogP contribution in [0.4, 0.5) is 4.79 Å². The molecule has 0 bridgehead atoms. The summed E-state index contributed by atoms with van der Waals surface area (Å²) in [7, 11) is 0. The third-order valence-corrected chi connectivity index (χ3v) is 3.31. The summed E-state index contributed by atoms with van der Waals surface area (Å²) < 4.78 is 10.3. The SMILES string of the molecule is CC(=O)Oc1ccc2c(c1)CCC(=O)C2NC(=O)OC(C)(C)C. The minimum absolute atomic E-state index is 0.0661. The van der Waals surface area contributed by atoms with Crippen molar-refractivity contribution in [2.75, 3.05) is 0 Å². The molecule has 0 saturated heterocycles. The summed E-state index contributed by atoms with van der Waals surface area (Å²) in [6, 6.07) is 4.31. The first kappa shape index (κ1) is 17.0. The molecule has 0 saturated carbocycles. The standard InChI is InChI=1S/C17H21NO5/c1-10(19)22-12-6-7-13-11(9-12)5-8-14(20)15(13)18-16(21)23-17(2,3)4/h6-7,9,15H,5,8H2,1-4H3,(H,18,21). The van der Waals surface area contributed by atoms with Crippen LogP contribution in [0.15, 0.2) is 18.2 Å². The average molecular weight is 319 g/mol. The Morgan fingerprint density at radius 2 is 1.91 bits per heavy atom. The van der Waals surface area contributed by atoms with Crippen LogP contribution in [0.3, 0.4) is 0 Å². The molecular formula is C17H21NO5. The van der Waals surface area contributed by atoms with Gasteiger partial charge in [-0.3, -0.25) is 9.59 Å². The second-order valence-corrected chi connectivity index (χ2v) is 6.50. The summed E-state index contributed by atoms with van der Waals surface area (Å²) in [6.07, 6.45) is 0.236. The maximum absolute atomic E-state index is 12.2. The molecule has 6 nitrogen and oxygen atoms in total. The van der Waals surface area contributed by atoms with Gasteiger partial charge in [0.2, 0.25) is 0 Å². The number of ether oxygens (including phenoxy) is 2. The van der Waals surface area contributed by atoms with Gasteiger partial charge in [-0.05, 0) is 50.5 Å². The number of carbonyl (C=O) groups excluding carboxylic acids is 3. The maximum atomic E-state index is 12.2. The van der Waals surface area contributed by atoms with E-state index in [1.165, 1.54) is 6.92 Å². The van der Waals surface area contributed by atoms with Crippen LogP contribution in [-0.4, -0.2) is 23.4 Å². The number of rotatable bonds is 2. The number of esters is 1. The Bertz CT molecular complexity index is 645. The minimum atomic E-state index is -0.736. The van der Waals surface area contributed by atoms with Crippen LogP contribution in [0, 0.1) is 0 Å². The summed E-state index contributed by atoms with van der Waals surface area (Å²) in [5, 5.41) is 2.62. The number of hydrogen-bond donors (Lipinski definition) is 1. The fourth-order valence-corrected chi connectivity index (χ4v) is 2.47. The predicted octanol–water partition coefficient (Wildman–Crippen LogP) is 2.69. The molecule has 1 N–H and O–H groups in total. The zero-order chi connectivity index (χ0) is 17.2. The van der Waals surface area contributed by atoms with Crippen LogP contribution in [0.2, 0.25) is 0 Å². The van der Waals surface area contributed by atoms with E-state index >= 15 is 0 Å². The molecule has 0 fully saturated rings. The highest BCUT2D eigenvalue weighted by atomic mass is 16.6. The fourth-order valence-electron chi connectivity index (χ4n) is 2.47. The Hall–Kier alpha value is -2.37. The Labute approximate surface area is 135 Å². The van der Waals surface area contributed by atoms with Gasteiger partial charge in [-0.1, -0.05) is 6.07 Å². The molecule has 0 radical (unpaired) electrons. The zero-order valence-corrected chi connectivity index (χ0v) is 13.8.